The number of hydrogen-bond acceptors (Lipinski definition) is 6. The fraction of sp³-hybridized carbons (Fsp3) is 0.812. The Bertz CT molecular complexity index is 516. The van der Waals surface area contributed by atoms with E-state index in [1.807, 2.05) is 14.0 Å². The second-order valence-electron chi connectivity index (χ2n) is 6.77. The predicted octanol–water partition coefficient (Wildman–Crippen LogP) is 0.862. The molecule has 2 rings (SSSR count). The number of amides is 1. The maximum absolute atomic E-state index is 12.8. The van der Waals surface area contributed by atoms with Gasteiger partial charge in [-0.15, -0.1) is 0 Å². The minimum absolute atomic E-state index is 0.0347. The van der Waals surface area contributed by atoms with Crippen molar-refractivity contribution >= 4 is 5.91 Å². The number of carbonyl (C=O) groups excluding carboxylic acids is 1. The van der Waals surface area contributed by atoms with Crippen LogP contribution >= 0.6 is 0 Å². The number of aryl methyl sites for hydroxylation is 1. The summed E-state index contributed by atoms with van der Waals surface area (Å²) >= 11 is 0. The number of rotatable bonds is 5. The fourth-order valence-corrected chi connectivity index (χ4v) is 3.11. The highest BCUT2D eigenvalue weighted by atomic mass is 16.5. The SMILES string of the molecule is CCc1nc(CN(C)C(=O)[C@@H]2CC[C@H](N(C)C)CN(C)C2)no1. The van der Waals surface area contributed by atoms with E-state index < -0.39 is 0 Å². The first-order valence-electron chi connectivity index (χ1n) is 8.32. The normalized spacial score (nSPS) is 23.0. The van der Waals surface area contributed by atoms with Gasteiger partial charge >= 0.3 is 0 Å². The van der Waals surface area contributed by atoms with Gasteiger partial charge in [-0.1, -0.05) is 12.1 Å². The third-order valence-corrected chi connectivity index (χ3v) is 4.55. The summed E-state index contributed by atoms with van der Waals surface area (Å²) in [5, 5.41) is 3.93. The molecule has 1 aromatic rings. The number of aromatic nitrogens is 2. The molecule has 0 saturated carbocycles. The van der Waals surface area contributed by atoms with Crippen molar-refractivity contribution in [2.75, 3.05) is 41.3 Å². The Labute approximate surface area is 138 Å². The highest BCUT2D eigenvalue weighted by Gasteiger charge is 2.29. The molecule has 0 unspecified atom stereocenters. The molecule has 1 aliphatic rings. The first-order valence-corrected chi connectivity index (χ1v) is 8.32. The Morgan fingerprint density at radius 2 is 2.04 bits per heavy atom. The lowest BCUT2D eigenvalue weighted by Crippen LogP contribution is -2.39. The van der Waals surface area contributed by atoms with Crippen LogP contribution in [0.5, 0.6) is 0 Å². The molecular weight excluding hydrogens is 294 g/mol. The van der Waals surface area contributed by atoms with Crippen LogP contribution in [0, 0.1) is 5.92 Å². The molecule has 0 bridgehead atoms. The molecule has 1 amide bonds. The predicted molar refractivity (Wildman–Crippen MR) is 87.8 cm³/mol. The van der Waals surface area contributed by atoms with Crippen molar-refractivity contribution in [2.24, 2.45) is 5.92 Å². The monoisotopic (exact) mass is 323 g/mol. The van der Waals surface area contributed by atoms with Gasteiger partial charge in [0.25, 0.3) is 0 Å². The molecule has 2 atom stereocenters. The summed E-state index contributed by atoms with van der Waals surface area (Å²) in [5.74, 6) is 1.39. The number of carbonyl (C=O) groups is 1. The van der Waals surface area contributed by atoms with E-state index in [4.69, 9.17) is 4.52 Å². The Morgan fingerprint density at radius 3 is 2.65 bits per heavy atom. The minimum Gasteiger partial charge on any atom is -0.339 e. The topological polar surface area (TPSA) is 65.7 Å². The second-order valence-corrected chi connectivity index (χ2v) is 6.77. The van der Waals surface area contributed by atoms with Gasteiger partial charge in [0.1, 0.15) is 0 Å². The summed E-state index contributed by atoms with van der Waals surface area (Å²) < 4.78 is 5.10. The van der Waals surface area contributed by atoms with E-state index in [9.17, 15) is 4.79 Å². The molecule has 1 aliphatic heterocycles. The standard InChI is InChI=1S/C16H29N5O2/c1-6-15-17-14(18-23-15)11-21(5)16(22)12-7-8-13(19(2)3)10-20(4)9-12/h12-13H,6-11H2,1-5H3/t12-,13+/m1/s1. The molecule has 1 fully saturated rings. The lowest BCUT2D eigenvalue weighted by atomic mass is 10.00. The molecule has 0 spiro atoms. The van der Waals surface area contributed by atoms with Gasteiger partial charge in [-0.25, -0.2) is 0 Å². The van der Waals surface area contributed by atoms with Gasteiger partial charge in [-0.05, 0) is 34.0 Å². The molecule has 23 heavy (non-hydrogen) atoms. The maximum Gasteiger partial charge on any atom is 0.227 e. The van der Waals surface area contributed by atoms with Crippen molar-refractivity contribution in [2.45, 2.75) is 38.8 Å². The Hall–Kier alpha value is -1.47. The summed E-state index contributed by atoms with van der Waals surface area (Å²) in [5.41, 5.74) is 0. The summed E-state index contributed by atoms with van der Waals surface area (Å²) in [6.07, 6.45) is 2.68. The van der Waals surface area contributed by atoms with E-state index in [0.29, 0.717) is 30.7 Å². The molecule has 130 valence electrons. The van der Waals surface area contributed by atoms with Crippen LogP contribution in [0.4, 0.5) is 0 Å². The van der Waals surface area contributed by atoms with Gasteiger partial charge < -0.3 is 19.2 Å². The van der Waals surface area contributed by atoms with Gasteiger partial charge in [0, 0.05) is 32.6 Å². The van der Waals surface area contributed by atoms with Crippen molar-refractivity contribution in [3.63, 3.8) is 0 Å². The average Bonchev–Trinajstić information content (AvgIpc) is 2.86. The van der Waals surface area contributed by atoms with Gasteiger partial charge in [-0.3, -0.25) is 4.79 Å². The highest BCUT2D eigenvalue weighted by molar-refractivity contribution is 5.78. The first kappa shape index (κ1) is 17.9. The third-order valence-electron chi connectivity index (χ3n) is 4.55. The summed E-state index contributed by atoms with van der Waals surface area (Å²) in [7, 11) is 8.12. The van der Waals surface area contributed by atoms with Crippen LogP contribution in [-0.4, -0.2) is 78.1 Å². The first-order chi connectivity index (χ1) is 10.9. The largest absolute Gasteiger partial charge is 0.339 e. The highest BCUT2D eigenvalue weighted by Crippen LogP contribution is 2.20. The number of likely N-dealkylation sites (tertiary alicyclic amines) is 1. The number of hydrogen-bond donors (Lipinski definition) is 0. The van der Waals surface area contributed by atoms with Crippen LogP contribution < -0.4 is 0 Å². The zero-order chi connectivity index (χ0) is 17.0. The van der Waals surface area contributed by atoms with Crippen LogP contribution in [0.25, 0.3) is 0 Å². The van der Waals surface area contributed by atoms with Gasteiger partial charge in [0.05, 0.1) is 12.5 Å². The van der Waals surface area contributed by atoms with Gasteiger partial charge in [0.15, 0.2) is 5.82 Å². The maximum atomic E-state index is 12.8. The van der Waals surface area contributed by atoms with Crippen molar-refractivity contribution in [3.8, 4) is 0 Å². The molecule has 0 aliphatic carbocycles. The molecule has 1 saturated heterocycles. The Balaban J connectivity index is 1.95. The molecule has 0 aromatic carbocycles. The van der Waals surface area contributed by atoms with E-state index >= 15 is 0 Å². The van der Waals surface area contributed by atoms with Crippen LogP contribution in [0.2, 0.25) is 0 Å². The van der Waals surface area contributed by atoms with Gasteiger partial charge in [0.2, 0.25) is 11.8 Å². The molecular formula is C16H29N5O2. The van der Waals surface area contributed by atoms with Crippen LogP contribution in [0.15, 0.2) is 4.52 Å². The quantitative estimate of drug-likeness (QED) is 0.801. The molecule has 0 N–H and O–H groups in total. The molecule has 0 radical (unpaired) electrons. The lowest BCUT2D eigenvalue weighted by molar-refractivity contribution is -0.135. The number of nitrogens with zero attached hydrogens (tertiary/aromatic N) is 5. The van der Waals surface area contributed by atoms with Gasteiger partial charge in [-0.2, -0.15) is 4.98 Å². The van der Waals surface area contributed by atoms with Crippen molar-refractivity contribution in [1.82, 2.24) is 24.8 Å². The van der Waals surface area contributed by atoms with Crippen molar-refractivity contribution in [1.29, 1.82) is 0 Å². The summed E-state index contributed by atoms with van der Waals surface area (Å²) in [4.78, 5) is 23.3. The number of likely N-dealkylation sites (N-methyl/N-ethyl adjacent to an activating group) is 2. The van der Waals surface area contributed by atoms with Crippen molar-refractivity contribution in [3.05, 3.63) is 11.7 Å². The zero-order valence-corrected chi connectivity index (χ0v) is 14.9. The summed E-state index contributed by atoms with van der Waals surface area (Å²) in [6.45, 7) is 4.18. The third kappa shape index (κ3) is 4.75. The zero-order valence-electron chi connectivity index (χ0n) is 14.9. The molecule has 2 heterocycles. The molecule has 7 heteroatoms. The molecule has 7 nitrogen and oxygen atoms in total. The minimum atomic E-state index is 0.0347. The molecule has 1 aromatic heterocycles. The Morgan fingerprint density at radius 1 is 1.30 bits per heavy atom. The van der Waals surface area contributed by atoms with E-state index in [0.717, 1.165) is 25.9 Å². The van der Waals surface area contributed by atoms with Crippen LogP contribution in [-0.2, 0) is 17.8 Å². The van der Waals surface area contributed by atoms with Crippen LogP contribution in [0.3, 0.4) is 0 Å². The van der Waals surface area contributed by atoms with Crippen molar-refractivity contribution < 1.29 is 9.32 Å². The van der Waals surface area contributed by atoms with E-state index in [2.05, 4.69) is 41.1 Å². The fourth-order valence-electron chi connectivity index (χ4n) is 3.11. The lowest BCUT2D eigenvalue weighted by Gasteiger charge is -2.26. The van der Waals surface area contributed by atoms with E-state index in [1.54, 1.807) is 4.90 Å². The average molecular weight is 323 g/mol. The van der Waals surface area contributed by atoms with Crippen LogP contribution in [0.1, 0.15) is 31.5 Å². The van der Waals surface area contributed by atoms with E-state index in [1.165, 1.54) is 0 Å². The van der Waals surface area contributed by atoms with E-state index in [-0.39, 0.29) is 11.8 Å². The Kier molecular flexibility index (Phi) is 6.12. The smallest absolute Gasteiger partial charge is 0.227 e. The summed E-state index contributed by atoms with van der Waals surface area (Å²) in [6, 6.07) is 0.507. The second kappa shape index (κ2) is 7.88.